The second-order valence-corrected chi connectivity index (χ2v) is 4.18. The van der Waals surface area contributed by atoms with E-state index >= 15 is 0 Å². The lowest BCUT2D eigenvalue weighted by Gasteiger charge is -2.15. The number of unbranched alkanes of at least 4 members (excludes halogenated alkanes) is 1. The zero-order valence-corrected chi connectivity index (χ0v) is 11.6. The maximum absolute atomic E-state index is 10.4. The minimum absolute atomic E-state index is 0.169. The van der Waals surface area contributed by atoms with Crippen molar-refractivity contribution in [3.8, 4) is 0 Å². The second kappa shape index (κ2) is 9.85. The molecule has 1 N–H and O–H groups in total. The van der Waals surface area contributed by atoms with Crippen LogP contribution < -0.4 is 0 Å². The van der Waals surface area contributed by atoms with Crippen LogP contribution in [0.25, 0.3) is 0 Å². The van der Waals surface area contributed by atoms with E-state index in [1.807, 2.05) is 0 Å². The van der Waals surface area contributed by atoms with Gasteiger partial charge in [0, 0.05) is 25.6 Å². The number of methoxy groups -OCH3 is 1. The first kappa shape index (κ1) is 16.9. The minimum Gasteiger partial charge on any atom is -0.481 e. The van der Waals surface area contributed by atoms with Crippen LogP contribution in [0.5, 0.6) is 0 Å². The zero-order chi connectivity index (χ0) is 14.0. The SMILES string of the molecule is C=C/C(Cl)=C\C(=NC)C(CCCCC(=O)O)OC. The lowest BCUT2D eigenvalue weighted by molar-refractivity contribution is -0.137. The van der Waals surface area contributed by atoms with Crippen LogP contribution in [-0.2, 0) is 9.53 Å². The number of carboxylic acids is 1. The van der Waals surface area contributed by atoms with Gasteiger partial charge in [-0.15, -0.1) is 0 Å². The van der Waals surface area contributed by atoms with Crippen molar-refractivity contribution in [2.45, 2.75) is 31.8 Å². The van der Waals surface area contributed by atoms with Gasteiger partial charge in [-0.05, 0) is 25.3 Å². The minimum atomic E-state index is -0.775. The van der Waals surface area contributed by atoms with E-state index in [4.69, 9.17) is 21.4 Å². The van der Waals surface area contributed by atoms with Gasteiger partial charge < -0.3 is 9.84 Å². The Balaban J connectivity index is 4.37. The number of ether oxygens (including phenoxy) is 1. The normalized spacial score (nSPS) is 14.4. The Hall–Kier alpha value is -1.13. The molecule has 0 fully saturated rings. The molecule has 0 saturated heterocycles. The average molecular weight is 274 g/mol. The number of carboxylic acid groups (broad SMARTS) is 1. The van der Waals surface area contributed by atoms with Gasteiger partial charge in [0.05, 0.1) is 11.8 Å². The van der Waals surface area contributed by atoms with E-state index in [0.29, 0.717) is 17.9 Å². The van der Waals surface area contributed by atoms with Gasteiger partial charge in [0.2, 0.25) is 0 Å². The fourth-order valence-electron chi connectivity index (χ4n) is 1.49. The van der Waals surface area contributed by atoms with Gasteiger partial charge in [-0.2, -0.15) is 0 Å². The third-order valence-electron chi connectivity index (χ3n) is 2.46. The Morgan fingerprint density at radius 1 is 1.56 bits per heavy atom. The van der Waals surface area contributed by atoms with Gasteiger partial charge in [0.15, 0.2) is 0 Å². The third-order valence-corrected chi connectivity index (χ3v) is 2.72. The van der Waals surface area contributed by atoms with Crippen molar-refractivity contribution in [1.29, 1.82) is 0 Å². The molecule has 0 aliphatic carbocycles. The van der Waals surface area contributed by atoms with Gasteiger partial charge in [-0.3, -0.25) is 9.79 Å². The molecule has 0 spiro atoms. The van der Waals surface area contributed by atoms with Crippen molar-refractivity contribution in [3.63, 3.8) is 0 Å². The highest BCUT2D eigenvalue weighted by Crippen LogP contribution is 2.12. The molecule has 0 radical (unpaired) electrons. The quantitative estimate of drug-likeness (QED) is 0.399. The molecular formula is C13H20ClNO3. The summed E-state index contributed by atoms with van der Waals surface area (Å²) in [5, 5.41) is 9.05. The molecule has 0 rings (SSSR count). The predicted octanol–water partition coefficient (Wildman–Crippen LogP) is 3.03. The maximum Gasteiger partial charge on any atom is 0.303 e. The lowest BCUT2D eigenvalue weighted by Crippen LogP contribution is -2.21. The van der Waals surface area contributed by atoms with Crippen molar-refractivity contribution in [2.24, 2.45) is 4.99 Å². The van der Waals surface area contributed by atoms with Crippen LogP contribution in [-0.4, -0.2) is 37.0 Å². The van der Waals surface area contributed by atoms with Crippen LogP contribution >= 0.6 is 11.6 Å². The molecule has 0 heterocycles. The van der Waals surface area contributed by atoms with E-state index in [-0.39, 0.29) is 12.5 Å². The number of halogens is 1. The van der Waals surface area contributed by atoms with E-state index in [9.17, 15) is 4.79 Å². The first-order chi connectivity index (χ1) is 8.54. The van der Waals surface area contributed by atoms with Crippen molar-refractivity contribution >= 4 is 23.3 Å². The molecule has 0 amide bonds. The monoisotopic (exact) mass is 273 g/mol. The molecule has 0 aromatic carbocycles. The Morgan fingerprint density at radius 2 is 2.22 bits per heavy atom. The molecule has 0 bridgehead atoms. The van der Waals surface area contributed by atoms with E-state index in [2.05, 4.69) is 11.6 Å². The summed E-state index contributed by atoms with van der Waals surface area (Å²) in [6.07, 6.45) is 5.36. The largest absolute Gasteiger partial charge is 0.481 e. The molecule has 5 heteroatoms. The average Bonchev–Trinajstić information content (AvgIpc) is 2.36. The summed E-state index contributed by atoms with van der Waals surface area (Å²) in [5.74, 6) is -0.775. The Morgan fingerprint density at radius 3 is 2.67 bits per heavy atom. The molecule has 102 valence electrons. The van der Waals surface area contributed by atoms with Gasteiger partial charge >= 0.3 is 5.97 Å². The maximum atomic E-state index is 10.4. The first-order valence-corrected chi connectivity index (χ1v) is 6.13. The molecule has 1 atom stereocenters. The summed E-state index contributed by atoms with van der Waals surface area (Å²) < 4.78 is 5.34. The standard InChI is InChI=1S/C13H20ClNO3/c1-4-10(14)9-11(15-2)12(18-3)7-5-6-8-13(16)17/h4,9,12H,1,5-8H2,2-3H3,(H,16,17)/b10-9+,15-11?. The Labute approximate surface area is 113 Å². The van der Waals surface area contributed by atoms with Crippen LogP contribution in [0.1, 0.15) is 25.7 Å². The molecule has 0 saturated carbocycles. The number of rotatable bonds is 9. The number of carbonyl (C=O) groups is 1. The van der Waals surface area contributed by atoms with E-state index < -0.39 is 5.97 Å². The summed E-state index contributed by atoms with van der Waals surface area (Å²) >= 11 is 5.87. The molecule has 0 aromatic rings. The molecule has 0 aromatic heterocycles. The molecule has 18 heavy (non-hydrogen) atoms. The molecular weight excluding hydrogens is 254 g/mol. The van der Waals surface area contributed by atoms with Crippen molar-refractivity contribution < 1.29 is 14.6 Å². The Kier molecular flexibility index (Phi) is 9.24. The van der Waals surface area contributed by atoms with Crippen LogP contribution in [0.4, 0.5) is 0 Å². The molecule has 0 aliphatic heterocycles. The summed E-state index contributed by atoms with van der Waals surface area (Å²) in [7, 11) is 3.27. The molecule has 1 unspecified atom stereocenters. The smallest absolute Gasteiger partial charge is 0.303 e. The van der Waals surface area contributed by atoms with Crippen molar-refractivity contribution in [2.75, 3.05) is 14.2 Å². The predicted molar refractivity (Wildman–Crippen MR) is 74.4 cm³/mol. The van der Waals surface area contributed by atoms with E-state index in [1.54, 1.807) is 20.2 Å². The van der Waals surface area contributed by atoms with E-state index in [0.717, 1.165) is 12.1 Å². The van der Waals surface area contributed by atoms with Gasteiger partial charge in [-0.25, -0.2) is 0 Å². The van der Waals surface area contributed by atoms with Crippen molar-refractivity contribution in [3.05, 3.63) is 23.8 Å². The summed E-state index contributed by atoms with van der Waals surface area (Å²) in [4.78, 5) is 14.5. The molecule has 4 nitrogen and oxygen atoms in total. The summed E-state index contributed by atoms with van der Waals surface area (Å²) in [5.41, 5.74) is 0.734. The number of hydrogen-bond acceptors (Lipinski definition) is 3. The molecule has 0 aliphatic rings. The van der Waals surface area contributed by atoms with Crippen molar-refractivity contribution in [1.82, 2.24) is 0 Å². The van der Waals surface area contributed by atoms with Crippen LogP contribution in [0, 0.1) is 0 Å². The highest BCUT2D eigenvalue weighted by molar-refractivity contribution is 6.33. The van der Waals surface area contributed by atoms with Crippen LogP contribution in [0.15, 0.2) is 28.8 Å². The number of aliphatic carboxylic acids is 1. The fourth-order valence-corrected chi connectivity index (χ4v) is 1.61. The van der Waals surface area contributed by atoms with Crippen LogP contribution in [0.3, 0.4) is 0 Å². The lowest BCUT2D eigenvalue weighted by atomic mass is 10.1. The van der Waals surface area contributed by atoms with Crippen LogP contribution in [0.2, 0.25) is 0 Å². The van der Waals surface area contributed by atoms with Gasteiger partial charge in [-0.1, -0.05) is 24.3 Å². The van der Waals surface area contributed by atoms with Gasteiger partial charge in [0.25, 0.3) is 0 Å². The first-order valence-electron chi connectivity index (χ1n) is 5.76. The summed E-state index contributed by atoms with van der Waals surface area (Å²) in [6, 6.07) is 0. The number of hydrogen-bond donors (Lipinski definition) is 1. The zero-order valence-electron chi connectivity index (χ0n) is 10.9. The topological polar surface area (TPSA) is 58.9 Å². The number of nitrogens with zero attached hydrogens (tertiary/aromatic N) is 1. The van der Waals surface area contributed by atoms with Gasteiger partial charge in [0.1, 0.15) is 0 Å². The van der Waals surface area contributed by atoms with E-state index in [1.165, 1.54) is 6.08 Å². The fraction of sp³-hybridized carbons (Fsp3) is 0.538. The highest BCUT2D eigenvalue weighted by atomic mass is 35.5. The Bertz CT molecular complexity index is 337. The third kappa shape index (κ3) is 7.25. The number of aliphatic imine (C=N–C) groups is 1. The number of allylic oxidation sites excluding steroid dienone is 2. The highest BCUT2D eigenvalue weighted by Gasteiger charge is 2.13. The second-order valence-electron chi connectivity index (χ2n) is 3.75. The summed E-state index contributed by atoms with van der Waals surface area (Å²) in [6.45, 7) is 3.57.